The number of aromatic amines is 1. The van der Waals surface area contributed by atoms with Crippen molar-refractivity contribution in [2.75, 3.05) is 0 Å². The summed E-state index contributed by atoms with van der Waals surface area (Å²) >= 11 is 0. The number of hydrogen-bond acceptors (Lipinski definition) is 2. The Kier molecular flexibility index (Phi) is 4.02. The SMILES string of the molecule is Cl.O=C(c1ccc[nH]1)N1N=CCC1c1ccccc1. The number of hydrogen-bond donors (Lipinski definition) is 1. The summed E-state index contributed by atoms with van der Waals surface area (Å²) in [6, 6.07) is 13.5. The Labute approximate surface area is 117 Å². The third-order valence-electron chi connectivity index (χ3n) is 3.05. The molecule has 1 aliphatic rings. The highest BCUT2D eigenvalue weighted by atomic mass is 35.5. The number of carbonyl (C=O) groups is 1. The number of nitrogens with zero attached hydrogens (tertiary/aromatic N) is 2. The normalized spacial score (nSPS) is 17.3. The number of halogens is 1. The first kappa shape index (κ1) is 13.4. The average Bonchev–Trinajstić information content (AvgIpc) is 3.10. The van der Waals surface area contributed by atoms with Gasteiger partial charge in [-0.2, -0.15) is 5.10 Å². The molecule has 2 aromatic rings. The molecule has 0 fully saturated rings. The number of amides is 1. The summed E-state index contributed by atoms with van der Waals surface area (Å²) in [6.07, 6.45) is 4.29. The van der Waals surface area contributed by atoms with Crippen LogP contribution in [0, 0.1) is 0 Å². The van der Waals surface area contributed by atoms with Gasteiger partial charge in [-0.15, -0.1) is 12.4 Å². The largest absolute Gasteiger partial charge is 0.357 e. The van der Waals surface area contributed by atoms with Crippen molar-refractivity contribution in [3.8, 4) is 0 Å². The molecule has 0 bridgehead atoms. The first-order valence-corrected chi connectivity index (χ1v) is 5.90. The Balaban J connectivity index is 0.00000133. The van der Waals surface area contributed by atoms with Crippen molar-refractivity contribution in [2.45, 2.75) is 12.5 Å². The highest BCUT2D eigenvalue weighted by Crippen LogP contribution is 2.28. The number of benzene rings is 1. The molecule has 1 aromatic heterocycles. The summed E-state index contributed by atoms with van der Waals surface area (Å²) in [5.41, 5.74) is 1.67. The summed E-state index contributed by atoms with van der Waals surface area (Å²) < 4.78 is 0. The van der Waals surface area contributed by atoms with Crippen molar-refractivity contribution in [3.63, 3.8) is 0 Å². The summed E-state index contributed by atoms with van der Waals surface area (Å²) in [5, 5.41) is 5.73. The minimum Gasteiger partial charge on any atom is -0.357 e. The zero-order valence-corrected chi connectivity index (χ0v) is 11.0. The van der Waals surface area contributed by atoms with Gasteiger partial charge in [0, 0.05) is 18.8 Å². The number of hydrazone groups is 1. The van der Waals surface area contributed by atoms with Gasteiger partial charge in [-0.3, -0.25) is 4.79 Å². The van der Waals surface area contributed by atoms with Crippen molar-refractivity contribution in [1.82, 2.24) is 9.99 Å². The van der Waals surface area contributed by atoms with E-state index in [1.165, 1.54) is 0 Å². The summed E-state index contributed by atoms with van der Waals surface area (Å²) in [6.45, 7) is 0. The number of nitrogens with one attached hydrogen (secondary N) is 1. The molecule has 98 valence electrons. The number of carbonyl (C=O) groups excluding carboxylic acids is 1. The van der Waals surface area contributed by atoms with Gasteiger partial charge >= 0.3 is 0 Å². The second kappa shape index (κ2) is 5.71. The van der Waals surface area contributed by atoms with Crippen molar-refractivity contribution in [2.24, 2.45) is 5.10 Å². The van der Waals surface area contributed by atoms with Crippen LogP contribution in [0.5, 0.6) is 0 Å². The molecular formula is C14H14ClN3O. The van der Waals surface area contributed by atoms with Gasteiger partial charge in [-0.25, -0.2) is 5.01 Å². The molecule has 1 atom stereocenters. The van der Waals surface area contributed by atoms with E-state index < -0.39 is 0 Å². The Morgan fingerprint density at radius 2 is 2.00 bits per heavy atom. The zero-order chi connectivity index (χ0) is 12.4. The Bertz CT molecular complexity index is 566. The molecule has 1 N–H and O–H groups in total. The smallest absolute Gasteiger partial charge is 0.290 e. The van der Waals surface area contributed by atoms with Crippen LogP contribution in [-0.4, -0.2) is 22.1 Å². The molecule has 3 rings (SSSR count). The number of aromatic nitrogens is 1. The predicted octanol–water partition coefficient (Wildman–Crippen LogP) is 3.01. The van der Waals surface area contributed by atoms with Crippen LogP contribution in [0.25, 0.3) is 0 Å². The lowest BCUT2D eigenvalue weighted by atomic mass is 10.0. The minimum atomic E-state index is -0.0948. The predicted molar refractivity (Wildman–Crippen MR) is 76.5 cm³/mol. The highest BCUT2D eigenvalue weighted by molar-refractivity contribution is 5.93. The van der Waals surface area contributed by atoms with Crippen LogP contribution in [0.1, 0.15) is 28.5 Å². The summed E-state index contributed by atoms with van der Waals surface area (Å²) in [7, 11) is 0. The third-order valence-corrected chi connectivity index (χ3v) is 3.05. The van der Waals surface area contributed by atoms with E-state index in [9.17, 15) is 4.79 Å². The second-order valence-corrected chi connectivity index (χ2v) is 4.19. The lowest BCUT2D eigenvalue weighted by molar-refractivity contribution is 0.0706. The number of H-pyrrole nitrogens is 1. The maximum Gasteiger partial charge on any atom is 0.290 e. The van der Waals surface area contributed by atoms with Crippen LogP contribution in [0.2, 0.25) is 0 Å². The van der Waals surface area contributed by atoms with Crippen LogP contribution in [0.15, 0.2) is 53.8 Å². The van der Waals surface area contributed by atoms with Gasteiger partial charge in [0.15, 0.2) is 0 Å². The Hall–Kier alpha value is -2.07. The van der Waals surface area contributed by atoms with E-state index in [1.54, 1.807) is 23.5 Å². The van der Waals surface area contributed by atoms with Crippen molar-refractivity contribution in [1.29, 1.82) is 0 Å². The topological polar surface area (TPSA) is 48.5 Å². The van der Waals surface area contributed by atoms with Crippen molar-refractivity contribution < 1.29 is 4.79 Å². The standard InChI is InChI=1S/C14H13N3O.ClH/c18-14(12-7-4-9-15-12)17-13(8-10-16-17)11-5-2-1-3-6-11;/h1-7,9-10,13,15H,8H2;1H. The molecule has 5 heteroatoms. The molecule has 1 aliphatic heterocycles. The molecule has 0 saturated heterocycles. The van der Waals surface area contributed by atoms with E-state index in [0.717, 1.165) is 12.0 Å². The Morgan fingerprint density at radius 3 is 2.68 bits per heavy atom. The fraction of sp³-hybridized carbons (Fsp3) is 0.143. The maximum absolute atomic E-state index is 12.3. The van der Waals surface area contributed by atoms with E-state index in [0.29, 0.717) is 5.69 Å². The minimum absolute atomic E-state index is 0. The van der Waals surface area contributed by atoms with Crippen LogP contribution in [0.4, 0.5) is 0 Å². The quantitative estimate of drug-likeness (QED) is 0.900. The lowest BCUT2D eigenvalue weighted by Gasteiger charge is -2.21. The molecule has 1 aromatic carbocycles. The Morgan fingerprint density at radius 1 is 1.21 bits per heavy atom. The second-order valence-electron chi connectivity index (χ2n) is 4.19. The number of rotatable bonds is 2. The van der Waals surface area contributed by atoms with Gasteiger partial charge in [0.25, 0.3) is 5.91 Å². The molecule has 19 heavy (non-hydrogen) atoms. The van der Waals surface area contributed by atoms with Crippen LogP contribution in [0.3, 0.4) is 0 Å². The molecule has 1 unspecified atom stereocenters. The van der Waals surface area contributed by atoms with E-state index in [2.05, 4.69) is 10.1 Å². The molecule has 0 spiro atoms. The van der Waals surface area contributed by atoms with Gasteiger partial charge in [-0.05, 0) is 17.7 Å². The maximum atomic E-state index is 12.3. The zero-order valence-electron chi connectivity index (χ0n) is 10.2. The van der Waals surface area contributed by atoms with E-state index in [1.807, 2.05) is 36.4 Å². The fourth-order valence-corrected chi connectivity index (χ4v) is 2.15. The van der Waals surface area contributed by atoms with Crippen LogP contribution in [-0.2, 0) is 0 Å². The van der Waals surface area contributed by atoms with Gasteiger partial charge in [0.05, 0.1) is 6.04 Å². The summed E-state index contributed by atoms with van der Waals surface area (Å²) in [5.74, 6) is -0.0948. The van der Waals surface area contributed by atoms with E-state index in [-0.39, 0.29) is 24.4 Å². The average molecular weight is 276 g/mol. The van der Waals surface area contributed by atoms with E-state index >= 15 is 0 Å². The monoisotopic (exact) mass is 275 g/mol. The highest BCUT2D eigenvalue weighted by Gasteiger charge is 2.29. The van der Waals surface area contributed by atoms with E-state index in [4.69, 9.17) is 0 Å². The molecule has 1 amide bonds. The van der Waals surface area contributed by atoms with Crippen molar-refractivity contribution in [3.05, 3.63) is 59.9 Å². The van der Waals surface area contributed by atoms with Gasteiger partial charge in [0.1, 0.15) is 5.69 Å². The van der Waals surface area contributed by atoms with Gasteiger partial charge < -0.3 is 4.98 Å². The summed E-state index contributed by atoms with van der Waals surface area (Å²) in [4.78, 5) is 15.2. The van der Waals surface area contributed by atoms with Crippen LogP contribution < -0.4 is 0 Å². The van der Waals surface area contributed by atoms with Gasteiger partial charge in [-0.1, -0.05) is 30.3 Å². The molecule has 4 nitrogen and oxygen atoms in total. The third kappa shape index (κ3) is 2.53. The van der Waals surface area contributed by atoms with Gasteiger partial charge in [0.2, 0.25) is 0 Å². The molecule has 0 radical (unpaired) electrons. The molecule has 0 aliphatic carbocycles. The molecular weight excluding hydrogens is 262 g/mol. The molecule has 0 saturated carbocycles. The van der Waals surface area contributed by atoms with Crippen molar-refractivity contribution >= 4 is 24.5 Å². The first-order chi connectivity index (χ1) is 8.86. The molecule has 2 heterocycles. The first-order valence-electron chi connectivity index (χ1n) is 5.90. The lowest BCUT2D eigenvalue weighted by Crippen LogP contribution is -2.27. The van der Waals surface area contributed by atoms with Crippen LogP contribution >= 0.6 is 12.4 Å². The fourth-order valence-electron chi connectivity index (χ4n) is 2.15.